The normalized spacial score (nSPS) is 11.2. The van der Waals surface area contributed by atoms with Gasteiger partial charge in [-0.3, -0.25) is 0 Å². The van der Waals surface area contributed by atoms with Crippen molar-refractivity contribution in [2.75, 3.05) is 4.90 Å². The third-order valence-electron chi connectivity index (χ3n) is 8.44. The number of hydrogen-bond donors (Lipinski definition) is 0. The van der Waals surface area contributed by atoms with E-state index >= 15 is 0 Å². The highest BCUT2D eigenvalue weighted by Crippen LogP contribution is 2.49. The first-order valence-electron chi connectivity index (χ1n) is 15.4. The standard InChI is InChI=1S/C43H35N/c1-31(2)32-22-26-38(27-23-32)44(39-28-24-34(25-29-39)33-14-6-3-7-15-33)43-40-21-13-12-20-37(40)30-41(35-16-8-4-9-17-35)42(43)36-18-10-5-11-19-36/h3-31H,1-2H3. The van der Waals surface area contributed by atoms with E-state index in [4.69, 9.17) is 0 Å². The maximum Gasteiger partial charge on any atom is 0.0624 e. The Morgan fingerprint density at radius 1 is 0.432 bits per heavy atom. The molecule has 7 aromatic rings. The first-order valence-corrected chi connectivity index (χ1v) is 15.4. The topological polar surface area (TPSA) is 3.24 Å². The lowest BCUT2D eigenvalue weighted by Gasteiger charge is -2.31. The van der Waals surface area contributed by atoms with Crippen LogP contribution in [0.2, 0.25) is 0 Å². The number of nitrogens with zero attached hydrogens (tertiary/aromatic N) is 1. The van der Waals surface area contributed by atoms with Crippen LogP contribution in [-0.2, 0) is 0 Å². The van der Waals surface area contributed by atoms with Crippen LogP contribution in [0, 0.1) is 0 Å². The average molecular weight is 566 g/mol. The minimum atomic E-state index is 0.463. The smallest absolute Gasteiger partial charge is 0.0624 e. The van der Waals surface area contributed by atoms with Gasteiger partial charge in [-0.15, -0.1) is 0 Å². The molecule has 0 heterocycles. The van der Waals surface area contributed by atoms with Crippen molar-refractivity contribution >= 4 is 27.8 Å². The van der Waals surface area contributed by atoms with Crippen molar-refractivity contribution in [1.29, 1.82) is 0 Å². The summed E-state index contributed by atoms with van der Waals surface area (Å²) in [6.45, 7) is 4.50. The van der Waals surface area contributed by atoms with Gasteiger partial charge in [-0.25, -0.2) is 0 Å². The Balaban J connectivity index is 1.55. The lowest BCUT2D eigenvalue weighted by Crippen LogP contribution is -2.13. The second kappa shape index (κ2) is 12.1. The summed E-state index contributed by atoms with van der Waals surface area (Å²) in [5.74, 6) is 0.463. The molecule has 0 N–H and O–H groups in total. The molecule has 0 bridgehead atoms. The number of rotatable bonds is 7. The molecule has 0 atom stereocenters. The summed E-state index contributed by atoms with van der Waals surface area (Å²) >= 11 is 0. The molecule has 44 heavy (non-hydrogen) atoms. The van der Waals surface area contributed by atoms with Gasteiger partial charge in [0, 0.05) is 22.3 Å². The molecule has 0 spiro atoms. The maximum absolute atomic E-state index is 2.45. The third kappa shape index (κ3) is 5.29. The molecule has 1 nitrogen and oxygen atoms in total. The Bertz CT molecular complexity index is 1990. The molecular weight excluding hydrogens is 530 g/mol. The van der Waals surface area contributed by atoms with Crippen LogP contribution in [-0.4, -0.2) is 0 Å². The van der Waals surface area contributed by atoms with Crippen molar-refractivity contribution in [3.05, 3.63) is 175 Å². The molecule has 0 aliphatic rings. The van der Waals surface area contributed by atoms with Gasteiger partial charge in [0.25, 0.3) is 0 Å². The summed E-state index contributed by atoms with van der Waals surface area (Å²) in [6.07, 6.45) is 0. The van der Waals surface area contributed by atoms with Gasteiger partial charge in [0.05, 0.1) is 5.69 Å². The predicted molar refractivity (Wildman–Crippen MR) is 189 cm³/mol. The Hall–Kier alpha value is -5.40. The van der Waals surface area contributed by atoms with Crippen LogP contribution < -0.4 is 4.90 Å². The highest BCUT2D eigenvalue weighted by Gasteiger charge is 2.24. The van der Waals surface area contributed by atoms with E-state index in [9.17, 15) is 0 Å². The summed E-state index contributed by atoms with van der Waals surface area (Å²) in [7, 11) is 0. The Morgan fingerprint density at radius 3 is 1.50 bits per heavy atom. The SMILES string of the molecule is CC(C)c1ccc(N(c2ccc(-c3ccccc3)cc2)c2c(-c3ccccc3)c(-c3ccccc3)cc3ccccc23)cc1. The average Bonchev–Trinajstić information content (AvgIpc) is 3.10. The summed E-state index contributed by atoms with van der Waals surface area (Å²) in [6, 6.07) is 61.5. The molecule has 212 valence electrons. The lowest BCUT2D eigenvalue weighted by molar-refractivity contribution is 0.866. The van der Waals surface area contributed by atoms with Crippen LogP contribution in [0.1, 0.15) is 25.3 Å². The molecule has 0 unspecified atom stereocenters. The minimum Gasteiger partial charge on any atom is -0.309 e. The van der Waals surface area contributed by atoms with Crippen molar-refractivity contribution in [1.82, 2.24) is 0 Å². The molecule has 0 amide bonds. The van der Waals surface area contributed by atoms with Crippen LogP contribution in [0.4, 0.5) is 17.1 Å². The van der Waals surface area contributed by atoms with Gasteiger partial charge >= 0.3 is 0 Å². The van der Waals surface area contributed by atoms with Gasteiger partial charge in [-0.1, -0.05) is 153 Å². The van der Waals surface area contributed by atoms with Crippen molar-refractivity contribution in [2.45, 2.75) is 19.8 Å². The molecular formula is C43H35N. The van der Waals surface area contributed by atoms with Crippen molar-refractivity contribution < 1.29 is 0 Å². The first kappa shape index (κ1) is 27.4. The largest absolute Gasteiger partial charge is 0.309 e. The summed E-state index contributed by atoms with van der Waals surface area (Å²) in [5, 5.41) is 2.43. The van der Waals surface area contributed by atoms with Crippen LogP contribution in [0.15, 0.2) is 170 Å². The van der Waals surface area contributed by atoms with E-state index in [1.165, 1.54) is 55.4 Å². The predicted octanol–water partition coefficient (Wildman–Crippen LogP) is 12.4. The van der Waals surface area contributed by atoms with E-state index in [2.05, 4.69) is 189 Å². The quantitative estimate of drug-likeness (QED) is 0.186. The summed E-state index contributed by atoms with van der Waals surface area (Å²) in [4.78, 5) is 2.45. The van der Waals surface area contributed by atoms with Crippen LogP contribution >= 0.6 is 0 Å². The van der Waals surface area contributed by atoms with Gasteiger partial charge in [0.1, 0.15) is 0 Å². The number of hydrogen-bond acceptors (Lipinski definition) is 1. The molecule has 0 aliphatic carbocycles. The van der Waals surface area contributed by atoms with E-state index in [0.717, 1.165) is 11.4 Å². The Labute approximate surface area is 260 Å². The second-order valence-electron chi connectivity index (χ2n) is 11.6. The number of fused-ring (bicyclic) bond motifs is 1. The molecule has 0 saturated carbocycles. The molecule has 0 aliphatic heterocycles. The molecule has 7 rings (SSSR count). The lowest BCUT2D eigenvalue weighted by atomic mass is 9.88. The number of benzene rings is 7. The third-order valence-corrected chi connectivity index (χ3v) is 8.44. The van der Waals surface area contributed by atoms with Gasteiger partial charge in [-0.2, -0.15) is 0 Å². The number of anilines is 3. The van der Waals surface area contributed by atoms with E-state index in [1.54, 1.807) is 0 Å². The fourth-order valence-corrected chi connectivity index (χ4v) is 6.15. The Kier molecular flexibility index (Phi) is 7.53. The maximum atomic E-state index is 2.45. The van der Waals surface area contributed by atoms with Gasteiger partial charge in [-0.05, 0) is 75.0 Å². The van der Waals surface area contributed by atoms with E-state index in [-0.39, 0.29) is 0 Å². The zero-order valence-electron chi connectivity index (χ0n) is 25.2. The van der Waals surface area contributed by atoms with Crippen molar-refractivity contribution in [3.8, 4) is 33.4 Å². The highest BCUT2D eigenvalue weighted by atomic mass is 15.1. The van der Waals surface area contributed by atoms with E-state index in [0.29, 0.717) is 5.92 Å². The molecule has 7 aromatic carbocycles. The molecule has 0 radical (unpaired) electrons. The van der Waals surface area contributed by atoms with Gasteiger partial charge < -0.3 is 4.90 Å². The monoisotopic (exact) mass is 565 g/mol. The fraction of sp³-hybridized carbons (Fsp3) is 0.0698. The van der Waals surface area contributed by atoms with Crippen LogP contribution in [0.5, 0.6) is 0 Å². The summed E-state index contributed by atoms with van der Waals surface area (Å²) in [5.41, 5.74) is 12.0. The first-order chi connectivity index (χ1) is 21.7. The Morgan fingerprint density at radius 2 is 0.909 bits per heavy atom. The van der Waals surface area contributed by atoms with Gasteiger partial charge in [0.2, 0.25) is 0 Å². The van der Waals surface area contributed by atoms with Crippen LogP contribution in [0.3, 0.4) is 0 Å². The van der Waals surface area contributed by atoms with Gasteiger partial charge in [0.15, 0.2) is 0 Å². The zero-order chi connectivity index (χ0) is 29.9. The van der Waals surface area contributed by atoms with Crippen molar-refractivity contribution in [2.24, 2.45) is 0 Å². The van der Waals surface area contributed by atoms with Crippen LogP contribution in [0.25, 0.3) is 44.2 Å². The van der Waals surface area contributed by atoms with Crippen molar-refractivity contribution in [3.63, 3.8) is 0 Å². The fourth-order valence-electron chi connectivity index (χ4n) is 6.15. The highest BCUT2D eigenvalue weighted by molar-refractivity contribution is 6.11. The summed E-state index contributed by atoms with van der Waals surface area (Å²) < 4.78 is 0. The van der Waals surface area contributed by atoms with E-state index < -0.39 is 0 Å². The molecule has 0 saturated heterocycles. The minimum absolute atomic E-state index is 0.463. The second-order valence-corrected chi connectivity index (χ2v) is 11.6. The van der Waals surface area contributed by atoms with E-state index in [1.807, 2.05) is 0 Å². The molecule has 1 heteroatoms. The molecule has 0 aromatic heterocycles. The molecule has 0 fully saturated rings. The zero-order valence-corrected chi connectivity index (χ0v) is 25.2.